The molecule has 1 N–H and O–H groups in total. The Kier molecular flexibility index (Phi) is 4.56. The fourth-order valence-electron chi connectivity index (χ4n) is 2.28. The van der Waals surface area contributed by atoms with Crippen LogP contribution in [0.4, 0.5) is 0 Å². The Morgan fingerprint density at radius 1 is 1.17 bits per heavy atom. The first-order valence-corrected chi connectivity index (χ1v) is 7.49. The van der Waals surface area contributed by atoms with E-state index in [1.54, 1.807) is 31.2 Å². The van der Waals surface area contributed by atoms with Crippen LogP contribution in [0.25, 0.3) is 10.9 Å². The van der Waals surface area contributed by atoms with Crippen LogP contribution in [0.1, 0.15) is 29.2 Å². The maximum Gasteiger partial charge on any atom is 0.357 e. The van der Waals surface area contributed by atoms with Crippen LogP contribution in [-0.2, 0) is 9.53 Å². The number of esters is 1. The Morgan fingerprint density at radius 3 is 2.79 bits per heavy atom. The van der Waals surface area contributed by atoms with Crippen molar-refractivity contribution in [1.82, 2.24) is 10.3 Å². The molecule has 0 saturated heterocycles. The maximum atomic E-state index is 12.0. The number of amides is 1. The number of hydrogen-bond acceptors (Lipinski definition) is 5. The minimum absolute atomic E-state index is 0.167. The third-order valence-electron chi connectivity index (χ3n) is 3.49. The number of furan rings is 1. The number of carbonyl (C=O) groups excluding carboxylic acids is 2. The van der Waals surface area contributed by atoms with Crippen molar-refractivity contribution in [2.24, 2.45) is 0 Å². The van der Waals surface area contributed by atoms with Gasteiger partial charge in [0.2, 0.25) is 0 Å². The number of ether oxygens (including phenoxy) is 1. The molecule has 3 rings (SSSR count). The van der Waals surface area contributed by atoms with Crippen LogP contribution in [0.2, 0.25) is 0 Å². The number of para-hydroxylation sites is 1. The SMILES string of the molecule is C[C@@H](NC(=O)COC(=O)c1ccc2ccccc2n1)c1ccco1. The maximum absolute atomic E-state index is 12.0. The molecule has 2 aromatic heterocycles. The number of hydrogen-bond donors (Lipinski definition) is 1. The number of fused-ring (bicyclic) bond motifs is 1. The molecule has 1 aromatic carbocycles. The molecule has 3 aromatic rings. The molecular formula is C18H16N2O4. The van der Waals surface area contributed by atoms with Crippen molar-refractivity contribution in [3.8, 4) is 0 Å². The minimum Gasteiger partial charge on any atom is -0.467 e. The van der Waals surface area contributed by atoms with Gasteiger partial charge in [-0.05, 0) is 31.2 Å². The molecule has 0 saturated carbocycles. The molecule has 6 nitrogen and oxygen atoms in total. The van der Waals surface area contributed by atoms with Gasteiger partial charge in [-0.3, -0.25) is 4.79 Å². The summed E-state index contributed by atoms with van der Waals surface area (Å²) in [6, 6.07) is 14.0. The molecule has 0 aliphatic heterocycles. The quantitative estimate of drug-likeness (QED) is 0.730. The number of carbonyl (C=O) groups is 2. The van der Waals surface area contributed by atoms with Crippen molar-refractivity contribution in [2.75, 3.05) is 6.61 Å². The van der Waals surface area contributed by atoms with E-state index in [2.05, 4.69) is 10.3 Å². The number of pyridine rings is 1. The van der Waals surface area contributed by atoms with Gasteiger partial charge < -0.3 is 14.5 Å². The fourth-order valence-corrected chi connectivity index (χ4v) is 2.28. The minimum atomic E-state index is -0.637. The highest BCUT2D eigenvalue weighted by atomic mass is 16.5. The molecule has 1 atom stereocenters. The summed E-state index contributed by atoms with van der Waals surface area (Å²) < 4.78 is 10.2. The van der Waals surface area contributed by atoms with Crippen molar-refractivity contribution < 1.29 is 18.7 Å². The third-order valence-corrected chi connectivity index (χ3v) is 3.49. The molecule has 24 heavy (non-hydrogen) atoms. The van der Waals surface area contributed by atoms with E-state index in [1.165, 1.54) is 6.26 Å². The molecule has 2 heterocycles. The third kappa shape index (κ3) is 3.60. The lowest BCUT2D eigenvalue weighted by Gasteiger charge is -2.11. The second-order valence-electron chi connectivity index (χ2n) is 5.27. The summed E-state index contributed by atoms with van der Waals surface area (Å²) in [7, 11) is 0. The molecule has 0 aliphatic rings. The van der Waals surface area contributed by atoms with E-state index in [9.17, 15) is 9.59 Å². The Balaban J connectivity index is 1.57. The average molecular weight is 324 g/mol. The zero-order chi connectivity index (χ0) is 16.9. The Bertz CT molecular complexity index is 858. The normalized spacial score (nSPS) is 11.9. The Hall–Kier alpha value is -3.15. The van der Waals surface area contributed by atoms with Gasteiger partial charge in [-0.2, -0.15) is 0 Å². The molecular weight excluding hydrogens is 308 g/mol. The van der Waals surface area contributed by atoms with Crippen LogP contribution in [0, 0.1) is 0 Å². The smallest absolute Gasteiger partial charge is 0.357 e. The monoisotopic (exact) mass is 324 g/mol. The Labute approximate surface area is 138 Å². The van der Waals surface area contributed by atoms with E-state index in [-0.39, 0.29) is 18.3 Å². The van der Waals surface area contributed by atoms with Gasteiger partial charge in [0, 0.05) is 5.39 Å². The summed E-state index contributed by atoms with van der Waals surface area (Å²) in [6.45, 7) is 1.40. The molecule has 0 bridgehead atoms. The van der Waals surface area contributed by atoms with Crippen LogP contribution in [0.15, 0.2) is 59.2 Å². The van der Waals surface area contributed by atoms with Crippen LogP contribution in [0.3, 0.4) is 0 Å². The van der Waals surface area contributed by atoms with Crippen LogP contribution < -0.4 is 5.32 Å². The van der Waals surface area contributed by atoms with E-state index in [4.69, 9.17) is 9.15 Å². The first-order valence-electron chi connectivity index (χ1n) is 7.49. The molecule has 0 radical (unpaired) electrons. The molecule has 0 fully saturated rings. The van der Waals surface area contributed by atoms with Crippen LogP contribution in [0.5, 0.6) is 0 Å². The topological polar surface area (TPSA) is 81.4 Å². The fraction of sp³-hybridized carbons (Fsp3) is 0.167. The number of benzene rings is 1. The Morgan fingerprint density at radius 2 is 2.00 bits per heavy atom. The molecule has 0 unspecified atom stereocenters. The highest BCUT2D eigenvalue weighted by Gasteiger charge is 2.15. The summed E-state index contributed by atoms with van der Waals surface area (Å²) in [6.07, 6.45) is 1.53. The van der Waals surface area contributed by atoms with Crippen molar-refractivity contribution in [3.63, 3.8) is 0 Å². The largest absolute Gasteiger partial charge is 0.467 e. The summed E-state index contributed by atoms with van der Waals surface area (Å²) in [5.74, 6) is -0.416. The van der Waals surface area contributed by atoms with E-state index in [1.807, 2.05) is 24.3 Å². The highest BCUT2D eigenvalue weighted by molar-refractivity contribution is 5.92. The number of nitrogens with zero attached hydrogens (tertiary/aromatic N) is 1. The predicted octanol–water partition coefficient (Wildman–Crippen LogP) is 2.86. The van der Waals surface area contributed by atoms with E-state index in [0.29, 0.717) is 11.3 Å². The van der Waals surface area contributed by atoms with Gasteiger partial charge in [0.25, 0.3) is 5.91 Å². The number of nitrogens with one attached hydrogen (secondary N) is 1. The van der Waals surface area contributed by atoms with Gasteiger partial charge >= 0.3 is 5.97 Å². The predicted molar refractivity (Wildman–Crippen MR) is 87.3 cm³/mol. The zero-order valence-corrected chi connectivity index (χ0v) is 13.1. The van der Waals surface area contributed by atoms with Crippen molar-refractivity contribution in [2.45, 2.75) is 13.0 Å². The van der Waals surface area contributed by atoms with Gasteiger partial charge in [0.05, 0.1) is 17.8 Å². The lowest BCUT2D eigenvalue weighted by Crippen LogP contribution is -2.31. The van der Waals surface area contributed by atoms with Crippen molar-refractivity contribution in [1.29, 1.82) is 0 Å². The molecule has 122 valence electrons. The lowest BCUT2D eigenvalue weighted by atomic mass is 10.2. The number of aromatic nitrogens is 1. The van der Waals surface area contributed by atoms with Gasteiger partial charge in [-0.15, -0.1) is 0 Å². The van der Waals surface area contributed by atoms with Gasteiger partial charge in [0.1, 0.15) is 11.5 Å². The molecule has 0 aliphatic carbocycles. The summed E-state index contributed by atoms with van der Waals surface area (Å²) in [5, 5.41) is 3.62. The lowest BCUT2D eigenvalue weighted by molar-refractivity contribution is -0.125. The number of rotatable bonds is 5. The first kappa shape index (κ1) is 15.7. The standard InChI is InChI=1S/C18H16N2O4/c1-12(16-7-4-10-23-16)19-17(21)11-24-18(22)15-9-8-13-5-2-3-6-14(13)20-15/h2-10,12H,11H2,1H3,(H,19,21)/t12-/m1/s1. The van der Waals surface area contributed by atoms with E-state index >= 15 is 0 Å². The second-order valence-corrected chi connectivity index (χ2v) is 5.27. The summed E-state index contributed by atoms with van der Waals surface area (Å²) in [5.41, 5.74) is 0.864. The summed E-state index contributed by atoms with van der Waals surface area (Å²) in [4.78, 5) is 28.1. The summed E-state index contributed by atoms with van der Waals surface area (Å²) >= 11 is 0. The molecule has 6 heteroatoms. The van der Waals surface area contributed by atoms with Crippen molar-refractivity contribution in [3.05, 3.63) is 66.2 Å². The first-order chi connectivity index (χ1) is 11.6. The van der Waals surface area contributed by atoms with Gasteiger partial charge in [-0.25, -0.2) is 9.78 Å². The van der Waals surface area contributed by atoms with Crippen molar-refractivity contribution >= 4 is 22.8 Å². The van der Waals surface area contributed by atoms with Crippen LogP contribution in [-0.4, -0.2) is 23.5 Å². The zero-order valence-electron chi connectivity index (χ0n) is 13.1. The van der Waals surface area contributed by atoms with Crippen LogP contribution >= 0.6 is 0 Å². The average Bonchev–Trinajstić information content (AvgIpc) is 3.14. The second kappa shape index (κ2) is 6.95. The van der Waals surface area contributed by atoms with Gasteiger partial charge in [0.15, 0.2) is 6.61 Å². The highest BCUT2D eigenvalue weighted by Crippen LogP contribution is 2.13. The molecule has 1 amide bonds. The van der Waals surface area contributed by atoms with E-state index in [0.717, 1.165) is 5.39 Å². The van der Waals surface area contributed by atoms with Gasteiger partial charge in [-0.1, -0.05) is 24.3 Å². The van der Waals surface area contributed by atoms with E-state index < -0.39 is 11.9 Å². The molecule has 0 spiro atoms.